The van der Waals surface area contributed by atoms with Gasteiger partial charge in [0.25, 0.3) is 0 Å². The number of likely N-dealkylation sites (tertiary alicyclic amines) is 1. The van der Waals surface area contributed by atoms with Crippen molar-refractivity contribution in [1.82, 2.24) is 10.2 Å². The molecule has 0 unspecified atom stereocenters. The van der Waals surface area contributed by atoms with E-state index < -0.39 is 0 Å². The van der Waals surface area contributed by atoms with Gasteiger partial charge < -0.3 is 5.32 Å². The van der Waals surface area contributed by atoms with E-state index in [2.05, 4.69) is 10.2 Å². The number of amides is 1. The molecule has 1 amide bonds. The minimum atomic E-state index is 0.0619. The summed E-state index contributed by atoms with van der Waals surface area (Å²) in [7, 11) is 0. The van der Waals surface area contributed by atoms with Gasteiger partial charge in [-0.25, -0.2) is 0 Å². The number of nitrogens with zero attached hydrogens (tertiary/aromatic N) is 1. The van der Waals surface area contributed by atoms with E-state index in [9.17, 15) is 4.79 Å². The highest BCUT2D eigenvalue weighted by Crippen LogP contribution is 2.04. The summed E-state index contributed by atoms with van der Waals surface area (Å²) in [5.41, 5.74) is 0. The molecule has 1 fully saturated rings. The van der Waals surface area contributed by atoms with Crippen molar-refractivity contribution in [2.45, 2.75) is 19.8 Å². The average molecular weight is 142 g/mol. The van der Waals surface area contributed by atoms with Gasteiger partial charge in [0.15, 0.2) is 0 Å². The van der Waals surface area contributed by atoms with Crippen LogP contribution in [0.25, 0.3) is 0 Å². The van der Waals surface area contributed by atoms with Crippen LogP contribution >= 0.6 is 0 Å². The highest BCUT2D eigenvalue weighted by molar-refractivity contribution is 5.72. The molecule has 0 spiro atoms. The fourth-order valence-electron chi connectivity index (χ4n) is 1.16. The van der Waals surface area contributed by atoms with Crippen molar-refractivity contribution >= 4 is 5.91 Å². The molecule has 0 radical (unpaired) electrons. The fraction of sp³-hybridized carbons (Fsp3) is 0.857. The van der Waals surface area contributed by atoms with Crippen molar-refractivity contribution in [2.75, 3.05) is 19.8 Å². The minimum absolute atomic E-state index is 0.0619. The molecule has 0 aromatic carbocycles. The largest absolute Gasteiger partial charge is 0.344 e. The Hall–Kier alpha value is -0.570. The van der Waals surface area contributed by atoms with Gasteiger partial charge in [-0.2, -0.15) is 0 Å². The summed E-state index contributed by atoms with van der Waals surface area (Å²) in [6.07, 6.45) is 2.55. The van der Waals surface area contributed by atoms with Gasteiger partial charge in [0.2, 0.25) is 5.91 Å². The van der Waals surface area contributed by atoms with Crippen molar-refractivity contribution < 1.29 is 4.79 Å². The van der Waals surface area contributed by atoms with Crippen LogP contribution in [-0.2, 0) is 4.79 Å². The van der Waals surface area contributed by atoms with E-state index in [4.69, 9.17) is 0 Å². The van der Waals surface area contributed by atoms with Gasteiger partial charge in [0.1, 0.15) is 0 Å². The normalized spacial score (nSPS) is 19.3. The fourth-order valence-corrected chi connectivity index (χ4v) is 1.16. The monoisotopic (exact) mass is 142 g/mol. The van der Waals surface area contributed by atoms with Crippen LogP contribution in [-0.4, -0.2) is 30.6 Å². The second kappa shape index (κ2) is 3.56. The summed E-state index contributed by atoms with van der Waals surface area (Å²) < 4.78 is 0. The smallest absolute Gasteiger partial charge is 0.217 e. The van der Waals surface area contributed by atoms with Crippen LogP contribution in [0.2, 0.25) is 0 Å². The number of nitrogens with one attached hydrogen (secondary N) is 1. The summed E-state index contributed by atoms with van der Waals surface area (Å²) in [4.78, 5) is 12.7. The first-order valence-corrected chi connectivity index (χ1v) is 3.76. The first-order valence-electron chi connectivity index (χ1n) is 3.76. The molecule has 3 heteroatoms. The second-order valence-corrected chi connectivity index (χ2v) is 2.72. The molecule has 0 aromatic rings. The maximum Gasteiger partial charge on any atom is 0.217 e. The summed E-state index contributed by atoms with van der Waals surface area (Å²) in [5, 5.41) is 2.77. The van der Waals surface area contributed by atoms with Gasteiger partial charge in [-0.1, -0.05) is 0 Å². The Kier molecular flexibility index (Phi) is 2.68. The number of rotatable bonds is 2. The molecular weight excluding hydrogens is 128 g/mol. The quantitative estimate of drug-likeness (QED) is 0.596. The van der Waals surface area contributed by atoms with Gasteiger partial charge in [0.05, 0.1) is 6.67 Å². The Morgan fingerprint density at radius 1 is 1.50 bits per heavy atom. The molecule has 0 bridgehead atoms. The third-order valence-corrected chi connectivity index (χ3v) is 1.75. The van der Waals surface area contributed by atoms with Crippen LogP contribution in [0.4, 0.5) is 0 Å². The van der Waals surface area contributed by atoms with Gasteiger partial charge in [-0.3, -0.25) is 9.69 Å². The zero-order valence-electron chi connectivity index (χ0n) is 6.39. The van der Waals surface area contributed by atoms with E-state index in [-0.39, 0.29) is 5.91 Å². The lowest BCUT2D eigenvalue weighted by Crippen LogP contribution is -2.34. The lowest BCUT2D eigenvalue weighted by molar-refractivity contribution is -0.119. The van der Waals surface area contributed by atoms with E-state index in [1.807, 2.05) is 0 Å². The van der Waals surface area contributed by atoms with Gasteiger partial charge in [-0.15, -0.1) is 0 Å². The summed E-state index contributed by atoms with van der Waals surface area (Å²) >= 11 is 0. The van der Waals surface area contributed by atoms with Crippen molar-refractivity contribution in [3.05, 3.63) is 0 Å². The van der Waals surface area contributed by atoms with E-state index in [0.717, 1.165) is 19.8 Å². The Bertz CT molecular complexity index is 119. The molecule has 58 valence electrons. The zero-order chi connectivity index (χ0) is 7.40. The lowest BCUT2D eigenvalue weighted by atomic mass is 10.4. The van der Waals surface area contributed by atoms with Crippen LogP contribution in [0.5, 0.6) is 0 Å². The lowest BCUT2D eigenvalue weighted by Gasteiger charge is -2.13. The number of carbonyl (C=O) groups excluding carboxylic acids is 1. The molecule has 0 atom stereocenters. The molecule has 1 N–H and O–H groups in total. The molecule has 10 heavy (non-hydrogen) atoms. The Morgan fingerprint density at radius 2 is 2.10 bits per heavy atom. The second-order valence-electron chi connectivity index (χ2n) is 2.72. The first kappa shape index (κ1) is 7.54. The molecule has 1 aliphatic heterocycles. The Balaban J connectivity index is 2.07. The van der Waals surface area contributed by atoms with Gasteiger partial charge in [-0.05, 0) is 25.9 Å². The first-order chi connectivity index (χ1) is 4.79. The minimum Gasteiger partial charge on any atom is -0.344 e. The van der Waals surface area contributed by atoms with Crippen LogP contribution < -0.4 is 5.32 Å². The maximum absolute atomic E-state index is 10.5. The van der Waals surface area contributed by atoms with Crippen molar-refractivity contribution in [1.29, 1.82) is 0 Å². The Labute approximate surface area is 61.4 Å². The number of hydrogen-bond acceptors (Lipinski definition) is 2. The van der Waals surface area contributed by atoms with Crippen molar-refractivity contribution in [3.63, 3.8) is 0 Å². The van der Waals surface area contributed by atoms with Crippen LogP contribution in [0.3, 0.4) is 0 Å². The average Bonchev–Trinajstić information content (AvgIpc) is 2.34. The summed E-state index contributed by atoms with van der Waals surface area (Å²) in [6, 6.07) is 0. The van der Waals surface area contributed by atoms with Crippen LogP contribution in [0, 0.1) is 0 Å². The van der Waals surface area contributed by atoms with E-state index >= 15 is 0 Å². The molecule has 0 aliphatic carbocycles. The molecule has 1 rings (SSSR count). The molecule has 1 heterocycles. The standard InChI is InChI=1S/C7H14N2O/c1-7(10)8-6-9-4-2-3-5-9/h2-6H2,1H3,(H,8,10). The molecule has 0 aromatic heterocycles. The van der Waals surface area contributed by atoms with Gasteiger partial charge >= 0.3 is 0 Å². The van der Waals surface area contributed by atoms with Crippen LogP contribution in [0.1, 0.15) is 19.8 Å². The molecule has 1 saturated heterocycles. The summed E-state index contributed by atoms with van der Waals surface area (Å²) in [6.45, 7) is 4.56. The third-order valence-electron chi connectivity index (χ3n) is 1.75. The van der Waals surface area contributed by atoms with Crippen molar-refractivity contribution in [2.24, 2.45) is 0 Å². The predicted octanol–water partition coefficient (Wildman–Crippen LogP) is 0.176. The predicted molar refractivity (Wildman–Crippen MR) is 39.5 cm³/mol. The van der Waals surface area contributed by atoms with Crippen molar-refractivity contribution in [3.8, 4) is 0 Å². The Morgan fingerprint density at radius 3 is 2.60 bits per heavy atom. The molecule has 3 nitrogen and oxygen atoms in total. The SMILES string of the molecule is CC(=O)NCN1CCCC1. The number of carbonyl (C=O) groups is 1. The van der Waals surface area contributed by atoms with E-state index in [1.54, 1.807) is 6.92 Å². The molecule has 0 saturated carbocycles. The van der Waals surface area contributed by atoms with E-state index in [0.29, 0.717) is 0 Å². The molecular formula is C7H14N2O. The highest BCUT2D eigenvalue weighted by Gasteiger charge is 2.10. The van der Waals surface area contributed by atoms with Crippen LogP contribution in [0.15, 0.2) is 0 Å². The summed E-state index contributed by atoms with van der Waals surface area (Å²) in [5.74, 6) is 0.0619. The third kappa shape index (κ3) is 2.35. The molecule has 1 aliphatic rings. The van der Waals surface area contributed by atoms with E-state index in [1.165, 1.54) is 12.8 Å². The zero-order valence-corrected chi connectivity index (χ0v) is 6.39. The maximum atomic E-state index is 10.5. The van der Waals surface area contributed by atoms with Gasteiger partial charge in [0, 0.05) is 6.92 Å². The highest BCUT2D eigenvalue weighted by atomic mass is 16.1. The number of hydrogen-bond donors (Lipinski definition) is 1. The topological polar surface area (TPSA) is 32.3 Å².